The number of carbonyl (C=O) groups excluding carboxylic acids is 2. The first-order chi connectivity index (χ1) is 11.7. The number of ketones is 1. The Kier molecular flexibility index (Phi) is 3.34. The number of anilines is 1. The molecule has 120 valence electrons. The van der Waals surface area contributed by atoms with Gasteiger partial charge in [-0.25, -0.2) is 0 Å². The first-order valence-electron chi connectivity index (χ1n) is 7.87. The third-order valence-corrected chi connectivity index (χ3v) is 4.26. The van der Waals surface area contributed by atoms with E-state index >= 15 is 0 Å². The number of rotatable bonds is 1. The molecule has 1 atom stereocenters. The number of carbonyl (C=O) groups is 2. The molecule has 0 aromatic heterocycles. The van der Waals surface area contributed by atoms with E-state index in [-0.39, 0.29) is 11.7 Å². The molecular formula is C19H16N2O3. The van der Waals surface area contributed by atoms with E-state index in [2.05, 4.69) is 5.32 Å². The molecule has 0 aliphatic carbocycles. The molecule has 0 spiro atoms. The van der Waals surface area contributed by atoms with Crippen molar-refractivity contribution in [2.24, 2.45) is 0 Å². The minimum absolute atomic E-state index is 0.125. The summed E-state index contributed by atoms with van der Waals surface area (Å²) in [4.78, 5) is 27.2. The summed E-state index contributed by atoms with van der Waals surface area (Å²) in [6, 6.07) is 14.4. The zero-order valence-corrected chi connectivity index (χ0v) is 13.2. The number of benzene rings is 2. The molecule has 2 aromatic carbocycles. The molecule has 0 fully saturated rings. The number of hydrogen-bond acceptors (Lipinski definition) is 4. The topological polar surface area (TPSA) is 58.6 Å². The lowest BCUT2D eigenvalue weighted by Crippen LogP contribution is -2.41. The average molecular weight is 320 g/mol. The van der Waals surface area contributed by atoms with E-state index in [9.17, 15) is 9.59 Å². The summed E-state index contributed by atoms with van der Waals surface area (Å²) in [6.07, 6.45) is 0.976. The maximum Gasteiger partial charge on any atom is 0.259 e. The molecule has 2 aromatic rings. The molecule has 2 aliphatic heterocycles. The zero-order chi connectivity index (χ0) is 16.7. The van der Waals surface area contributed by atoms with Crippen molar-refractivity contribution in [3.8, 4) is 5.75 Å². The van der Waals surface area contributed by atoms with Crippen LogP contribution in [0.2, 0.25) is 0 Å². The Hall–Kier alpha value is -3.08. The second-order valence-corrected chi connectivity index (χ2v) is 5.69. The highest BCUT2D eigenvalue weighted by Gasteiger charge is 2.35. The average Bonchev–Trinajstić information content (AvgIpc) is 2.60. The first-order valence-corrected chi connectivity index (χ1v) is 7.87. The molecule has 24 heavy (non-hydrogen) atoms. The van der Waals surface area contributed by atoms with E-state index in [4.69, 9.17) is 4.74 Å². The van der Waals surface area contributed by atoms with Crippen LogP contribution in [-0.2, 0) is 0 Å². The Balaban J connectivity index is 1.87. The van der Waals surface area contributed by atoms with Gasteiger partial charge in [-0.15, -0.1) is 0 Å². The maximum atomic E-state index is 12.9. The highest BCUT2D eigenvalue weighted by Crippen LogP contribution is 2.33. The Morgan fingerprint density at radius 3 is 2.54 bits per heavy atom. The van der Waals surface area contributed by atoms with Gasteiger partial charge in [-0.3, -0.25) is 9.59 Å². The number of nitrogens with one attached hydrogen (secondary N) is 1. The number of nitrogens with zero attached hydrogens (tertiary/aromatic N) is 1. The minimum atomic E-state index is -0.629. The van der Waals surface area contributed by atoms with Gasteiger partial charge in [0.1, 0.15) is 5.75 Å². The van der Waals surface area contributed by atoms with Crippen molar-refractivity contribution in [1.82, 2.24) is 4.90 Å². The maximum absolute atomic E-state index is 12.9. The van der Waals surface area contributed by atoms with Gasteiger partial charge in [0.2, 0.25) is 6.23 Å². The molecule has 1 N–H and O–H groups in total. The van der Waals surface area contributed by atoms with Gasteiger partial charge in [0.05, 0.1) is 16.7 Å². The van der Waals surface area contributed by atoms with Crippen LogP contribution in [0.15, 0.2) is 60.3 Å². The molecule has 5 nitrogen and oxygen atoms in total. The molecule has 0 bridgehead atoms. The van der Waals surface area contributed by atoms with Crippen LogP contribution < -0.4 is 10.1 Å². The minimum Gasteiger partial charge on any atom is -0.466 e. The molecule has 0 radical (unpaired) electrons. The molecule has 0 saturated heterocycles. The number of Topliss-reactive ketones (excluding diaryl/α,β-unsaturated/α-hetero) is 1. The number of para-hydroxylation sites is 2. The second kappa shape index (κ2) is 5.53. The number of amides is 1. The molecule has 1 amide bonds. The van der Waals surface area contributed by atoms with Crippen LogP contribution in [0.1, 0.15) is 27.6 Å². The molecule has 5 heteroatoms. The summed E-state index contributed by atoms with van der Waals surface area (Å²) in [5.41, 5.74) is 2.16. The molecule has 2 heterocycles. The van der Waals surface area contributed by atoms with E-state index in [0.717, 1.165) is 0 Å². The number of fused-ring (bicyclic) bond motifs is 3. The lowest BCUT2D eigenvalue weighted by molar-refractivity contribution is 0.0820. The lowest BCUT2D eigenvalue weighted by Gasteiger charge is -2.33. The van der Waals surface area contributed by atoms with Crippen molar-refractivity contribution in [1.29, 1.82) is 0 Å². The highest BCUT2D eigenvalue weighted by molar-refractivity contribution is 6.13. The SMILES string of the molecule is CCN1/C=C2/C(=O)c3ccccc3OC2Nc2ccccc2C1=O. The smallest absolute Gasteiger partial charge is 0.259 e. The largest absolute Gasteiger partial charge is 0.466 e. The van der Waals surface area contributed by atoms with Gasteiger partial charge in [0.15, 0.2) is 5.78 Å². The monoisotopic (exact) mass is 320 g/mol. The van der Waals surface area contributed by atoms with Crippen LogP contribution in [0.5, 0.6) is 5.75 Å². The predicted octanol–water partition coefficient (Wildman–Crippen LogP) is 3.06. The van der Waals surface area contributed by atoms with E-state index in [1.165, 1.54) is 0 Å². The van der Waals surface area contributed by atoms with Gasteiger partial charge in [0, 0.05) is 18.4 Å². The van der Waals surface area contributed by atoms with Gasteiger partial charge in [-0.05, 0) is 31.2 Å². The Bertz CT molecular complexity index is 872. The van der Waals surface area contributed by atoms with E-state index < -0.39 is 6.23 Å². The number of ether oxygens (including phenoxy) is 1. The van der Waals surface area contributed by atoms with Gasteiger partial charge in [-0.1, -0.05) is 24.3 Å². The lowest BCUT2D eigenvalue weighted by atomic mass is 9.97. The van der Waals surface area contributed by atoms with Crippen molar-refractivity contribution < 1.29 is 14.3 Å². The molecule has 0 saturated carbocycles. The normalized spacial score (nSPS) is 21.1. The predicted molar refractivity (Wildman–Crippen MR) is 90.0 cm³/mol. The third kappa shape index (κ3) is 2.17. The summed E-state index contributed by atoms with van der Waals surface area (Å²) in [7, 11) is 0. The number of hydrogen-bond donors (Lipinski definition) is 1. The third-order valence-electron chi connectivity index (χ3n) is 4.26. The van der Waals surface area contributed by atoms with Crippen molar-refractivity contribution in [3.63, 3.8) is 0 Å². The summed E-state index contributed by atoms with van der Waals surface area (Å²) < 4.78 is 5.99. The van der Waals surface area contributed by atoms with Gasteiger partial charge in [0.25, 0.3) is 5.91 Å². The van der Waals surface area contributed by atoms with Gasteiger partial charge < -0.3 is 15.0 Å². The quantitative estimate of drug-likeness (QED) is 0.877. The van der Waals surface area contributed by atoms with Crippen molar-refractivity contribution in [3.05, 3.63) is 71.4 Å². The van der Waals surface area contributed by atoms with Crippen LogP contribution in [0.4, 0.5) is 5.69 Å². The van der Waals surface area contributed by atoms with Crippen LogP contribution in [-0.4, -0.2) is 29.4 Å². The Morgan fingerprint density at radius 2 is 1.75 bits per heavy atom. The van der Waals surface area contributed by atoms with Crippen LogP contribution in [0, 0.1) is 0 Å². The summed E-state index contributed by atoms with van der Waals surface area (Å²) in [5, 5.41) is 3.19. The molecule has 2 aliphatic rings. The van der Waals surface area contributed by atoms with E-state index in [1.54, 1.807) is 35.4 Å². The molecule has 4 rings (SSSR count). The van der Waals surface area contributed by atoms with Crippen LogP contribution >= 0.6 is 0 Å². The standard InChI is InChI=1S/C19H16N2O3/c1-2-21-11-14-17(22)13-8-4-6-10-16(13)24-18(14)20-15-9-5-3-7-12(15)19(21)23/h3-11,18,20H,2H2,1H3/b14-11-. The van der Waals surface area contributed by atoms with E-state index in [1.807, 2.05) is 31.2 Å². The Morgan fingerprint density at radius 1 is 1.04 bits per heavy atom. The van der Waals surface area contributed by atoms with Crippen molar-refractivity contribution >= 4 is 17.4 Å². The first kappa shape index (κ1) is 14.5. The summed E-state index contributed by atoms with van der Waals surface area (Å²) >= 11 is 0. The highest BCUT2D eigenvalue weighted by atomic mass is 16.5. The second-order valence-electron chi connectivity index (χ2n) is 5.69. The van der Waals surface area contributed by atoms with Gasteiger partial charge in [-0.2, -0.15) is 0 Å². The van der Waals surface area contributed by atoms with Crippen molar-refractivity contribution in [2.75, 3.05) is 11.9 Å². The summed E-state index contributed by atoms with van der Waals surface area (Å²) in [6.45, 7) is 2.35. The zero-order valence-electron chi connectivity index (χ0n) is 13.2. The van der Waals surface area contributed by atoms with Crippen LogP contribution in [0.3, 0.4) is 0 Å². The molecule has 1 unspecified atom stereocenters. The fraction of sp³-hybridized carbons (Fsp3) is 0.158. The van der Waals surface area contributed by atoms with Crippen molar-refractivity contribution in [2.45, 2.75) is 13.2 Å². The fourth-order valence-electron chi connectivity index (χ4n) is 3.01. The summed E-state index contributed by atoms with van der Waals surface area (Å²) in [5.74, 6) is 0.280. The van der Waals surface area contributed by atoms with E-state index in [0.29, 0.717) is 34.7 Å². The molecular weight excluding hydrogens is 304 g/mol. The van der Waals surface area contributed by atoms with Gasteiger partial charge >= 0.3 is 0 Å². The van der Waals surface area contributed by atoms with Crippen LogP contribution in [0.25, 0.3) is 0 Å². The fourth-order valence-corrected chi connectivity index (χ4v) is 3.01. The Labute approximate surface area is 139 Å².